The van der Waals surface area contributed by atoms with Crippen LogP contribution in [-0.2, 0) is 10.2 Å². The van der Waals surface area contributed by atoms with Crippen molar-refractivity contribution < 1.29 is 9.72 Å². The summed E-state index contributed by atoms with van der Waals surface area (Å²) in [6, 6.07) is 14.1. The predicted molar refractivity (Wildman–Crippen MR) is 131 cm³/mol. The summed E-state index contributed by atoms with van der Waals surface area (Å²) in [7, 11) is 0. The van der Waals surface area contributed by atoms with Crippen LogP contribution in [-0.4, -0.2) is 25.6 Å². The van der Waals surface area contributed by atoms with Gasteiger partial charge < -0.3 is 5.32 Å². The molecule has 0 saturated heterocycles. The van der Waals surface area contributed by atoms with E-state index < -0.39 is 4.92 Å². The third-order valence-corrected chi connectivity index (χ3v) is 6.01. The number of hydrogen-bond donors (Lipinski definition) is 1. The Kier molecular flexibility index (Phi) is 5.82. The van der Waals surface area contributed by atoms with E-state index in [0.717, 1.165) is 15.9 Å². The van der Waals surface area contributed by atoms with E-state index in [1.807, 2.05) is 13.0 Å². The maximum absolute atomic E-state index is 12.5. The molecule has 2 aromatic carbocycles. The predicted octanol–water partition coefficient (Wildman–Crippen LogP) is 5.65. The highest BCUT2D eigenvalue weighted by Crippen LogP contribution is 2.31. The molecule has 0 bridgehead atoms. The molecule has 1 N–H and O–H groups in total. The Hall–Kier alpha value is -3.85. The number of fused-ring (bicyclic) bond motifs is 1. The van der Waals surface area contributed by atoms with Gasteiger partial charge in [-0.05, 0) is 41.7 Å². The van der Waals surface area contributed by atoms with E-state index >= 15 is 0 Å². The van der Waals surface area contributed by atoms with Crippen LogP contribution in [0.25, 0.3) is 21.4 Å². The second-order valence-corrected chi connectivity index (χ2v) is 9.70. The zero-order chi connectivity index (χ0) is 23.8. The number of aryl methyl sites for hydroxylation is 1. The van der Waals surface area contributed by atoms with E-state index in [1.54, 1.807) is 22.9 Å². The first-order chi connectivity index (χ1) is 15.6. The first-order valence-electron chi connectivity index (χ1n) is 10.3. The molecule has 0 radical (unpaired) electrons. The molecule has 8 nitrogen and oxygen atoms in total. The normalized spacial score (nSPS) is 11.9. The van der Waals surface area contributed by atoms with E-state index in [1.165, 1.54) is 41.2 Å². The smallest absolute Gasteiger partial charge is 0.270 e. The Labute approximate surface area is 194 Å². The molecular formula is C24H23N5O3S. The second-order valence-electron chi connectivity index (χ2n) is 8.69. The van der Waals surface area contributed by atoms with Gasteiger partial charge in [0.15, 0.2) is 0 Å². The number of rotatable bonds is 5. The first-order valence-corrected chi connectivity index (χ1v) is 11.1. The largest absolute Gasteiger partial charge is 0.307 e. The molecule has 2 aromatic heterocycles. The molecule has 0 atom stereocenters. The summed E-state index contributed by atoms with van der Waals surface area (Å²) < 4.78 is 2.67. The van der Waals surface area contributed by atoms with Crippen LogP contribution in [0.3, 0.4) is 0 Å². The number of nitrogens with zero attached hydrogens (tertiary/aromatic N) is 4. The summed E-state index contributed by atoms with van der Waals surface area (Å²) in [6.45, 7) is 8.35. The molecular weight excluding hydrogens is 438 g/mol. The molecule has 33 heavy (non-hydrogen) atoms. The lowest BCUT2D eigenvalue weighted by Crippen LogP contribution is -2.12. The van der Waals surface area contributed by atoms with Crippen molar-refractivity contribution in [1.82, 2.24) is 14.8 Å². The van der Waals surface area contributed by atoms with Crippen molar-refractivity contribution >= 4 is 45.0 Å². The van der Waals surface area contributed by atoms with Crippen molar-refractivity contribution in [2.24, 2.45) is 0 Å². The molecule has 1 amide bonds. The molecule has 0 spiro atoms. The number of benzene rings is 2. The van der Waals surface area contributed by atoms with Crippen molar-refractivity contribution in [2.75, 3.05) is 5.32 Å². The average molecular weight is 462 g/mol. The van der Waals surface area contributed by atoms with E-state index in [2.05, 4.69) is 43.3 Å². The summed E-state index contributed by atoms with van der Waals surface area (Å²) in [5, 5.41) is 18.9. The van der Waals surface area contributed by atoms with Crippen LogP contribution in [0.5, 0.6) is 0 Å². The van der Waals surface area contributed by atoms with Crippen LogP contribution in [0.2, 0.25) is 0 Å². The summed E-state index contributed by atoms with van der Waals surface area (Å²) in [5.41, 5.74) is 3.40. The molecule has 0 aliphatic carbocycles. The average Bonchev–Trinajstić information content (AvgIpc) is 3.34. The van der Waals surface area contributed by atoms with Gasteiger partial charge in [0, 0.05) is 24.3 Å². The van der Waals surface area contributed by atoms with Crippen molar-refractivity contribution in [3.8, 4) is 5.13 Å². The highest BCUT2D eigenvalue weighted by atomic mass is 32.1. The van der Waals surface area contributed by atoms with E-state index in [0.29, 0.717) is 16.5 Å². The minimum atomic E-state index is -0.471. The number of thiazole rings is 1. The Bertz CT molecular complexity index is 1390. The molecule has 0 saturated carbocycles. The lowest BCUT2D eigenvalue weighted by atomic mass is 9.87. The number of anilines is 1. The number of amides is 1. The molecule has 0 fully saturated rings. The standard InChI is InChI=1S/C24H23N5O3S/c1-15-12-21(26-22(30)11-8-16-6-5-7-18(13-16)29(31)32)28(27-15)23-25-19-10-9-17(24(2,3)4)14-20(19)33-23/h5-14H,1-4H3,(H,26,30)/b11-8+. The van der Waals surface area contributed by atoms with Crippen molar-refractivity contribution in [2.45, 2.75) is 33.1 Å². The summed E-state index contributed by atoms with van der Waals surface area (Å²) >= 11 is 1.51. The topological polar surface area (TPSA) is 103 Å². The zero-order valence-corrected chi connectivity index (χ0v) is 19.5. The number of nitro groups is 1. The quantitative estimate of drug-likeness (QED) is 0.235. The van der Waals surface area contributed by atoms with Gasteiger partial charge in [-0.3, -0.25) is 14.9 Å². The van der Waals surface area contributed by atoms with Crippen molar-refractivity contribution in [1.29, 1.82) is 0 Å². The Morgan fingerprint density at radius 1 is 1.18 bits per heavy atom. The Morgan fingerprint density at radius 2 is 1.97 bits per heavy atom. The van der Waals surface area contributed by atoms with E-state index in [4.69, 9.17) is 4.98 Å². The molecule has 168 valence electrons. The third-order valence-electron chi connectivity index (χ3n) is 5.02. The van der Waals surface area contributed by atoms with Crippen LogP contribution in [0, 0.1) is 17.0 Å². The number of non-ortho nitro benzene ring substituents is 1. The fourth-order valence-electron chi connectivity index (χ4n) is 3.29. The van der Waals surface area contributed by atoms with Crippen LogP contribution >= 0.6 is 11.3 Å². The fraction of sp³-hybridized carbons (Fsp3) is 0.208. The second kappa shape index (κ2) is 8.59. The van der Waals surface area contributed by atoms with Gasteiger partial charge in [0.1, 0.15) is 5.82 Å². The number of nitro benzene ring substituents is 1. The molecule has 0 unspecified atom stereocenters. The summed E-state index contributed by atoms with van der Waals surface area (Å²) in [4.78, 5) is 27.7. The molecule has 9 heteroatoms. The highest BCUT2D eigenvalue weighted by molar-refractivity contribution is 7.20. The van der Waals surface area contributed by atoms with Gasteiger partial charge in [0.05, 0.1) is 20.8 Å². The lowest BCUT2D eigenvalue weighted by Gasteiger charge is -2.18. The SMILES string of the molecule is Cc1cc(NC(=O)/C=C/c2cccc([N+](=O)[O-])c2)n(-c2nc3ccc(C(C)(C)C)cc3s2)n1. The van der Waals surface area contributed by atoms with Crippen LogP contribution in [0.15, 0.2) is 54.6 Å². The first kappa shape index (κ1) is 22.3. The van der Waals surface area contributed by atoms with E-state index in [-0.39, 0.29) is 17.0 Å². The van der Waals surface area contributed by atoms with Gasteiger partial charge in [0.25, 0.3) is 5.69 Å². The van der Waals surface area contributed by atoms with E-state index in [9.17, 15) is 14.9 Å². The van der Waals surface area contributed by atoms with Gasteiger partial charge in [-0.15, -0.1) is 0 Å². The Balaban J connectivity index is 1.58. The molecule has 2 heterocycles. The number of aromatic nitrogens is 3. The number of nitrogens with one attached hydrogen (secondary N) is 1. The molecule has 0 aliphatic heterocycles. The van der Waals surface area contributed by atoms with Crippen molar-refractivity contribution in [3.05, 3.63) is 81.5 Å². The molecule has 4 rings (SSSR count). The minimum Gasteiger partial charge on any atom is -0.307 e. The molecule has 4 aromatic rings. The van der Waals surface area contributed by atoms with Gasteiger partial charge in [-0.25, -0.2) is 4.98 Å². The number of hydrogen-bond acceptors (Lipinski definition) is 6. The van der Waals surface area contributed by atoms with Crippen LogP contribution in [0.1, 0.15) is 37.6 Å². The van der Waals surface area contributed by atoms with Crippen molar-refractivity contribution in [3.63, 3.8) is 0 Å². The third kappa shape index (κ3) is 4.98. The van der Waals surface area contributed by atoms with Gasteiger partial charge in [-0.1, -0.05) is 50.3 Å². The lowest BCUT2D eigenvalue weighted by molar-refractivity contribution is -0.384. The maximum Gasteiger partial charge on any atom is 0.270 e. The monoisotopic (exact) mass is 461 g/mol. The van der Waals surface area contributed by atoms with Crippen LogP contribution < -0.4 is 5.32 Å². The zero-order valence-electron chi connectivity index (χ0n) is 18.7. The highest BCUT2D eigenvalue weighted by Gasteiger charge is 2.17. The maximum atomic E-state index is 12.5. The number of carbonyl (C=O) groups is 1. The summed E-state index contributed by atoms with van der Waals surface area (Å²) in [6.07, 6.45) is 2.86. The minimum absolute atomic E-state index is 0.0308. The number of carbonyl (C=O) groups excluding carboxylic acids is 1. The Morgan fingerprint density at radius 3 is 2.70 bits per heavy atom. The molecule has 0 aliphatic rings. The van der Waals surface area contributed by atoms with Gasteiger partial charge >= 0.3 is 0 Å². The summed E-state index contributed by atoms with van der Waals surface area (Å²) in [5.74, 6) is 0.120. The van der Waals surface area contributed by atoms with Gasteiger partial charge in [-0.2, -0.15) is 9.78 Å². The van der Waals surface area contributed by atoms with Crippen LogP contribution in [0.4, 0.5) is 11.5 Å². The van der Waals surface area contributed by atoms with Gasteiger partial charge in [0.2, 0.25) is 11.0 Å². The fourth-order valence-corrected chi connectivity index (χ4v) is 4.26.